The Morgan fingerprint density at radius 1 is 1.09 bits per heavy atom. The number of piperidine rings is 1. The Bertz CT molecular complexity index is 1070. The summed E-state index contributed by atoms with van der Waals surface area (Å²) >= 11 is 1.69. The summed E-state index contributed by atoms with van der Waals surface area (Å²) in [6.07, 6.45) is 4.54. The van der Waals surface area contributed by atoms with Gasteiger partial charge >= 0.3 is 0 Å². The molecule has 3 aromatic rings. The van der Waals surface area contributed by atoms with Crippen molar-refractivity contribution in [3.05, 3.63) is 71.4 Å². The summed E-state index contributed by atoms with van der Waals surface area (Å²) in [5.41, 5.74) is 4.38. The first kappa shape index (κ1) is 22.5. The van der Waals surface area contributed by atoms with E-state index in [1.54, 1.807) is 23.9 Å². The van der Waals surface area contributed by atoms with Crippen LogP contribution in [0.25, 0.3) is 10.9 Å². The molecule has 1 unspecified atom stereocenters. The highest BCUT2D eigenvalue weighted by Gasteiger charge is 2.31. The number of hydrogen-bond donors (Lipinski definition) is 2. The normalized spacial score (nSPS) is 15.6. The molecule has 2 aromatic carbocycles. The van der Waals surface area contributed by atoms with Crippen molar-refractivity contribution in [1.29, 1.82) is 0 Å². The SMILES string of the molecule is CSCCC(NC(=O)c1ccccc1)C(=O)N1CCC(c2c(C)[nH]c3ccccc23)CC1. The molecule has 1 aliphatic heterocycles. The van der Waals surface area contributed by atoms with Gasteiger partial charge in [0.05, 0.1) is 0 Å². The molecule has 0 spiro atoms. The van der Waals surface area contributed by atoms with Crippen LogP contribution in [0.2, 0.25) is 0 Å². The van der Waals surface area contributed by atoms with E-state index >= 15 is 0 Å². The lowest BCUT2D eigenvalue weighted by atomic mass is 9.87. The average Bonchev–Trinajstić information content (AvgIpc) is 3.17. The number of H-pyrrole nitrogens is 1. The van der Waals surface area contributed by atoms with Gasteiger partial charge in [0.2, 0.25) is 5.91 Å². The number of aryl methyl sites for hydroxylation is 1. The van der Waals surface area contributed by atoms with Crippen molar-refractivity contribution in [2.75, 3.05) is 25.1 Å². The van der Waals surface area contributed by atoms with E-state index in [0.717, 1.165) is 31.7 Å². The molecule has 0 aliphatic carbocycles. The molecule has 2 amide bonds. The second-order valence-corrected chi connectivity index (χ2v) is 9.47. The third kappa shape index (κ3) is 4.85. The molecule has 32 heavy (non-hydrogen) atoms. The van der Waals surface area contributed by atoms with Gasteiger partial charge in [-0.3, -0.25) is 9.59 Å². The number of aromatic nitrogens is 1. The maximum atomic E-state index is 13.3. The van der Waals surface area contributed by atoms with Crippen LogP contribution in [0.15, 0.2) is 54.6 Å². The molecule has 1 aliphatic rings. The summed E-state index contributed by atoms with van der Waals surface area (Å²) < 4.78 is 0. The molecule has 5 nitrogen and oxygen atoms in total. The van der Waals surface area contributed by atoms with Crippen molar-refractivity contribution in [2.24, 2.45) is 0 Å². The Morgan fingerprint density at radius 3 is 2.50 bits per heavy atom. The van der Waals surface area contributed by atoms with E-state index in [-0.39, 0.29) is 11.8 Å². The molecule has 4 rings (SSSR count). The third-order valence-electron chi connectivity index (χ3n) is 6.41. The fraction of sp³-hybridized carbons (Fsp3) is 0.385. The molecule has 6 heteroatoms. The number of nitrogens with zero attached hydrogens (tertiary/aromatic N) is 1. The van der Waals surface area contributed by atoms with E-state index in [0.29, 0.717) is 17.9 Å². The largest absolute Gasteiger partial charge is 0.358 e. The molecule has 0 saturated carbocycles. The molecular weight excluding hydrogens is 418 g/mol. The smallest absolute Gasteiger partial charge is 0.251 e. The summed E-state index contributed by atoms with van der Waals surface area (Å²) in [5, 5.41) is 4.28. The average molecular weight is 450 g/mol. The lowest BCUT2D eigenvalue weighted by Gasteiger charge is -2.34. The maximum absolute atomic E-state index is 13.3. The zero-order chi connectivity index (χ0) is 22.5. The Balaban J connectivity index is 1.43. The molecular formula is C26H31N3O2S. The van der Waals surface area contributed by atoms with Crippen LogP contribution in [0.3, 0.4) is 0 Å². The van der Waals surface area contributed by atoms with Crippen LogP contribution in [0.1, 0.15) is 46.8 Å². The number of carbonyl (C=O) groups excluding carboxylic acids is 2. The number of rotatable bonds is 7. The van der Waals surface area contributed by atoms with E-state index in [1.807, 2.05) is 29.4 Å². The number of amides is 2. The highest BCUT2D eigenvalue weighted by molar-refractivity contribution is 7.98. The summed E-state index contributed by atoms with van der Waals surface area (Å²) in [6, 6.07) is 17.1. The van der Waals surface area contributed by atoms with Crippen molar-refractivity contribution in [1.82, 2.24) is 15.2 Å². The van der Waals surface area contributed by atoms with Crippen LogP contribution in [0.4, 0.5) is 0 Å². The first-order chi connectivity index (χ1) is 15.6. The second-order valence-electron chi connectivity index (χ2n) is 8.48. The minimum atomic E-state index is -0.485. The van der Waals surface area contributed by atoms with Crippen LogP contribution in [0.5, 0.6) is 0 Å². The molecule has 0 radical (unpaired) electrons. The van der Waals surface area contributed by atoms with Crippen LogP contribution in [-0.4, -0.2) is 52.8 Å². The highest BCUT2D eigenvalue weighted by atomic mass is 32.2. The molecule has 168 valence electrons. The minimum absolute atomic E-state index is 0.0393. The number of benzene rings is 2. The second kappa shape index (κ2) is 10.3. The third-order valence-corrected chi connectivity index (χ3v) is 7.05. The van der Waals surface area contributed by atoms with E-state index < -0.39 is 6.04 Å². The predicted molar refractivity (Wildman–Crippen MR) is 132 cm³/mol. The number of likely N-dealkylation sites (tertiary alicyclic amines) is 1. The summed E-state index contributed by atoms with van der Waals surface area (Å²) in [7, 11) is 0. The lowest BCUT2D eigenvalue weighted by Crippen LogP contribution is -2.50. The summed E-state index contributed by atoms with van der Waals surface area (Å²) in [4.78, 5) is 31.5. The highest BCUT2D eigenvalue weighted by Crippen LogP contribution is 2.35. The van der Waals surface area contributed by atoms with Gasteiger partial charge in [0.15, 0.2) is 0 Å². The quantitative estimate of drug-likeness (QED) is 0.548. The number of aromatic amines is 1. The maximum Gasteiger partial charge on any atom is 0.251 e. The van der Waals surface area contributed by atoms with Crippen molar-refractivity contribution in [3.63, 3.8) is 0 Å². The van der Waals surface area contributed by atoms with E-state index in [2.05, 4.69) is 41.5 Å². The molecule has 1 saturated heterocycles. The van der Waals surface area contributed by atoms with Crippen molar-refractivity contribution in [3.8, 4) is 0 Å². The van der Waals surface area contributed by atoms with E-state index in [4.69, 9.17) is 0 Å². The molecule has 2 N–H and O–H groups in total. The van der Waals surface area contributed by atoms with Gasteiger partial charge in [-0.2, -0.15) is 11.8 Å². The van der Waals surface area contributed by atoms with Gasteiger partial charge in [0.25, 0.3) is 5.91 Å². The Hall–Kier alpha value is -2.73. The van der Waals surface area contributed by atoms with E-state index in [9.17, 15) is 9.59 Å². The van der Waals surface area contributed by atoms with Crippen LogP contribution in [-0.2, 0) is 4.79 Å². The number of para-hydroxylation sites is 1. The minimum Gasteiger partial charge on any atom is -0.358 e. The first-order valence-corrected chi connectivity index (χ1v) is 12.7. The fourth-order valence-corrected chi connectivity index (χ4v) is 5.23. The van der Waals surface area contributed by atoms with Crippen molar-refractivity contribution < 1.29 is 9.59 Å². The predicted octanol–water partition coefficient (Wildman–Crippen LogP) is 4.73. The molecule has 1 aromatic heterocycles. The Kier molecular flexibility index (Phi) is 7.20. The summed E-state index contributed by atoms with van der Waals surface area (Å²) in [6.45, 7) is 3.59. The van der Waals surface area contributed by atoms with Crippen molar-refractivity contribution in [2.45, 2.75) is 38.1 Å². The van der Waals surface area contributed by atoms with Gasteiger partial charge in [0, 0.05) is 35.2 Å². The van der Waals surface area contributed by atoms with Gasteiger partial charge in [0.1, 0.15) is 6.04 Å². The number of fused-ring (bicyclic) bond motifs is 1. The van der Waals surface area contributed by atoms with Crippen molar-refractivity contribution >= 4 is 34.5 Å². The fourth-order valence-electron chi connectivity index (χ4n) is 4.76. The Morgan fingerprint density at radius 2 is 1.78 bits per heavy atom. The standard InChI is InChI=1S/C26H31N3O2S/c1-18-24(21-10-6-7-11-22(21)27-18)19-12-15-29(16-13-19)26(31)23(14-17-32-2)28-25(30)20-8-4-3-5-9-20/h3-11,19,23,27H,12-17H2,1-2H3,(H,28,30). The molecule has 1 atom stereocenters. The molecule has 2 heterocycles. The van der Waals surface area contributed by atoms with E-state index in [1.165, 1.54) is 22.2 Å². The van der Waals surface area contributed by atoms with Gasteiger partial charge < -0.3 is 15.2 Å². The van der Waals surface area contributed by atoms with Gasteiger partial charge in [-0.05, 0) is 67.9 Å². The number of hydrogen-bond acceptors (Lipinski definition) is 3. The molecule has 0 bridgehead atoms. The van der Waals surface area contributed by atoms with Crippen LogP contribution >= 0.6 is 11.8 Å². The van der Waals surface area contributed by atoms with Gasteiger partial charge in [-0.25, -0.2) is 0 Å². The number of thioether (sulfide) groups is 1. The monoisotopic (exact) mass is 449 g/mol. The van der Waals surface area contributed by atoms with Crippen LogP contribution < -0.4 is 5.32 Å². The Labute approximate surface area is 194 Å². The lowest BCUT2D eigenvalue weighted by molar-refractivity contribution is -0.134. The van der Waals surface area contributed by atoms with Gasteiger partial charge in [-0.15, -0.1) is 0 Å². The first-order valence-electron chi connectivity index (χ1n) is 11.3. The zero-order valence-corrected chi connectivity index (χ0v) is 19.6. The summed E-state index contributed by atoms with van der Waals surface area (Å²) in [5.74, 6) is 1.13. The zero-order valence-electron chi connectivity index (χ0n) is 18.8. The molecule has 1 fully saturated rings. The van der Waals surface area contributed by atoms with Crippen LogP contribution in [0, 0.1) is 6.92 Å². The number of nitrogens with one attached hydrogen (secondary N) is 2. The topological polar surface area (TPSA) is 65.2 Å². The number of carbonyl (C=O) groups is 2. The van der Waals surface area contributed by atoms with Gasteiger partial charge in [-0.1, -0.05) is 36.4 Å².